The van der Waals surface area contributed by atoms with Crippen molar-refractivity contribution in [3.05, 3.63) is 59.7 Å². The largest absolute Gasteiger partial charge is 0.339 e. The van der Waals surface area contributed by atoms with Gasteiger partial charge in [-0.15, -0.1) is 22.0 Å². The van der Waals surface area contributed by atoms with Gasteiger partial charge in [0.05, 0.1) is 10.5 Å². The molecule has 0 bridgehead atoms. The summed E-state index contributed by atoms with van der Waals surface area (Å²) in [6.07, 6.45) is 6.07. The Kier molecular flexibility index (Phi) is 8.51. The van der Waals surface area contributed by atoms with Crippen LogP contribution in [0.15, 0.2) is 62.7 Å². The number of carbonyl (C=O) groups is 1. The number of carbonyl (C=O) groups excluding carboxylic acids is 1. The second-order valence-electron chi connectivity index (χ2n) is 7.82. The zero-order valence-corrected chi connectivity index (χ0v) is 22.0. The van der Waals surface area contributed by atoms with E-state index in [9.17, 15) is 13.2 Å². The standard InChI is InChI=1S/C23H26N4O3S4/c1-31-20-12-11-18(15-19(20)21(28)27-13-7-2-3-8-14-27)34(29,30)26-22-24-25-23(33-22)32-16-17-9-5-4-6-10-17/h4-6,9-12,15H,2-3,7-8,13-14,16H2,1H3,(H,24,26). The summed E-state index contributed by atoms with van der Waals surface area (Å²) in [7, 11) is -3.92. The van der Waals surface area contributed by atoms with E-state index in [4.69, 9.17) is 0 Å². The van der Waals surface area contributed by atoms with Gasteiger partial charge in [-0.05, 0) is 42.9 Å². The van der Waals surface area contributed by atoms with Gasteiger partial charge < -0.3 is 4.90 Å². The van der Waals surface area contributed by atoms with Crippen LogP contribution < -0.4 is 4.72 Å². The highest BCUT2D eigenvalue weighted by molar-refractivity contribution is 8.00. The second-order valence-corrected chi connectivity index (χ2v) is 12.6. The normalized spacial score (nSPS) is 14.6. The second kappa shape index (κ2) is 11.6. The van der Waals surface area contributed by atoms with Gasteiger partial charge in [-0.25, -0.2) is 8.42 Å². The van der Waals surface area contributed by atoms with Gasteiger partial charge >= 0.3 is 0 Å². The topological polar surface area (TPSA) is 92.3 Å². The van der Waals surface area contributed by atoms with Crippen LogP contribution in [-0.2, 0) is 15.8 Å². The van der Waals surface area contributed by atoms with Crippen LogP contribution in [0.3, 0.4) is 0 Å². The van der Waals surface area contributed by atoms with Crippen LogP contribution in [0, 0.1) is 0 Å². The number of benzene rings is 2. The van der Waals surface area contributed by atoms with Gasteiger partial charge in [0.1, 0.15) is 0 Å². The Bertz CT molecular complexity index is 1220. The molecule has 1 N–H and O–H groups in total. The molecule has 0 unspecified atom stereocenters. The summed E-state index contributed by atoms with van der Waals surface area (Å²) in [5, 5.41) is 8.28. The molecule has 4 rings (SSSR count). The minimum atomic E-state index is -3.92. The zero-order chi connectivity index (χ0) is 24.0. The lowest BCUT2D eigenvalue weighted by Crippen LogP contribution is -2.32. The van der Waals surface area contributed by atoms with Gasteiger partial charge in [0.15, 0.2) is 4.34 Å². The van der Waals surface area contributed by atoms with E-state index in [1.165, 1.54) is 47.0 Å². The Morgan fingerprint density at radius 2 is 1.79 bits per heavy atom. The molecule has 1 amide bonds. The monoisotopic (exact) mass is 534 g/mol. The highest BCUT2D eigenvalue weighted by Crippen LogP contribution is 2.31. The quantitative estimate of drug-likeness (QED) is 0.389. The number of anilines is 1. The van der Waals surface area contributed by atoms with Gasteiger partial charge in [-0.2, -0.15) is 0 Å². The highest BCUT2D eigenvalue weighted by atomic mass is 32.2. The number of aromatic nitrogens is 2. The number of likely N-dealkylation sites (tertiary alicyclic amines) is 1. The van der Waals surface area contributed by atoms with E-state index in [1.54, 1.807) is 6.07 Å². The lowest BCUT2D eigenvalue weighted by atomic mass is 10.2. The molecule has 34 heavy (non-hydrogen) atoms. The molecule has 0 spiro atoms. The maximum Gasteiger partial charge on any atom is 0.263 e. The van der Waals surface area contributed by atoms with Crippen molar-refractivity contribution < 1.29 is 13.2 Å². The van der Waals surface area contributed by atoms with E-state index in [2.05, 4.69) is 14.9 Å². The number of hydrogen-bond donors (Lipinski definition) is 1. The fourth-order valence-electron chi connectivity index (χ4n) is 3.67. The lowest BCUT2D eigenvalue weighted by Gasteiger charge is -2.22. The molecule has 7 nitrogen and oxygen atoms in total. The van der Waals surface area contributed by atoms with Crippen LogP contribution in [0.25, 0.3) is 0 Å². The molecule has 3 aromatic rings. The van der Waals surface area contributed by atoms with Crippen molar-refractivity contribution in [1.82, 2.24) is 15.1 Å². The van der Waals surface area contributed by atoms with Crippen molar-refractivity contribution in [3.8, 4) is 0 Å². The van der Waals surface area contributed by atoms with E-state index in [-0.39, 0.29) is 15.9 Å². The first kappa shape index (κ1) is 25.0. The summed E-state index contributed by atoms with van der Waals surface area (Å²) in [5.41, 5.74) is 1.58. The van der Waals surface area contributed by atoms with Gasteiger partial charge in [-0.1, -0.05) is 66.3 Å². The van der Waals surface area contributed by atoms with Crippen molar-refractivity contribution in [2.45, 2.75) is 45.6 Å². The maximum absolute atomic E-state index is 13.2. The summed E-state index contributed by atoms with van der Waals surface area (Å²) in [6.45, 7) is 1.41. The maximum atomic E-state index is 13.2. The van der Waals surface area contributed by atoms with Crippen molar-refractivity contribution in [2.75, 3.05) is 24.1 Å². The Hall–Kier alpha value is -2.08. The van der Waals surface area contributed by atoms with Gasteiger partial charge in [0, 0.05) is 23.7 Å². The molecule has 2 heterocycles. The Balaban J connectivity index is 1.49. The Labute approximate surface area is 212 Å². The smallest absolute Gasteiger partial charge is 0.263 e. The van der Waals surface area contributed by atoms with Gasteiger partial charge in [0.25, 0.3) is 15.9 Å². The zero-order valence-electron chi connectivity index (χ0n) is 18.8. The summed E-state index contributed by atoms with van der Waals surface area (Å²) >= 11 is 4.13. The van der Waals surface area contributed by atoms with E-state index in [0.717, 1.165) is 41.9 Å². The van der Waals surface area contributed by atoms with Crippen LogP contribution in [-0.4, -0.2) is 48.8 Å². The average molecular weight is 535 g/mol. The van der Waals surface area contributed by atoms with E-state index >= 15 is 0 Å². The number of rotatable bonds is 8. The van der Waals surface area contributed by atoms with Crippen LogP contribution >= 0.6 is 34.9 Å². The molecule has 2 aromatic carbocycles. The van der Waals surface area contributed by atoms with Crippen molar-refractivity contribution in [1.29, 1.82) is 0 Å². The van der Waals surface area contributed by atoms with E-state index < -0.39 is 10.0 Å². The van der Waals surface area contributed by atoms with Crippen LogP contribution in [0.2, 0.25) is 0 Å². The fraction of sp³-hybridized carbons (Fsp3) is 0.348. The first-order valence-electron chi connectivity index (χ1n) is 11.0. The number of nitrogens with zero attached hydrogens (tertiary/aromatic N) is 3. The lowest BCUT2D eigenvalue weighted by molar-refractivity contribution is 0.0758. The highest BCUT2D eigenvalue weighted by Gasteiger charge is 2.24. The third-order valence-electron chi connectivity index (χ3n) is 5.44. The SMILES string of the molecule is CSc1ccc(S(=O)(=O)Nc2nnc(SCc3ccccc3)s2)cc1C(=O)N1CCCCCC1. The molecule has 1 aliphatic heterocycles. The number of amides is 1. The molecule has 1 fully saturated rings. The molecule has 11 heteroatoms. The molecule has 0 saturated carbocycles. The third-order valence-corrected chi connectivity index (χ3v) is 9.74. The fourth-order valence-corrected chi connectivity index (χ4v) is 7.20. The minimum absolute atomic E-state index is 0.0390. The van der Waals surface area contributed by atoms with Crippen LogP contribution in [0.1, 0.15) is 41.6 Å². The van der Waals surface area contributed by atoms with Gasteiger partial charge in [-0.3, -0.25) is 9.52 Å². The van der Waals surface area contributed by atoms with Crippen molar-refractivity contribution >= 4 is 55.9 Å². The number of thioether (sulfide) groups is 2. The summed E-state index contributed by atoms with van der Waals surface area (Å²) < 4.78 is 29.4. The molecule has 0 aliphatic carbocycles. The predicted molar refractivity (Wildman–Crippen MR) is 139 cm³/mol. The average Bonchev–Trinajstić information content (AvgIpc) is 3.11. The molecule has 1 saturated heterocycles. The third kappa shape index (κ3) is 6.32. The van der Waals surface area contributed by atoms with Crippen LogP contribution in [0.5, 0.6) is 0 Å². The summed E-state index contributed by atoms with van der Waals surface area (Å²) in [6, 6.07) is 14.7. The van der Waals surface area contributed by atoms with Crippen LogP contribution in [0.4, 0.5) is 5.13 Å². The van der Waals surface area contributed by atoms with Crippen molar-refractivity contribution in [3.63, 3.8) is 0 Å². The molecule has 0 radical (unpaired) electrons. The number of hydrogen-bond acceptors (Lipinski definition) is 8. The molecule has 0 atom stereocenters. The first-order valence-corrected chi connectivity index (χ1v) is 15.5. The minimum Gasteiger partial charge on any atom is -0.339 e. The van der Waals surface area contributed by atoms with Crippen molar-refractivity contribution in [2.24, 2.45) is 0 Å². The number of sulfonamides is 1. The summed E-state index contributed by atoms with van der Waals surface area (Å²) in [4.78, 5) is 15.9. The summed E-state index contributed by atoms with van der Waals surface area (Å²) in [5.74, 6) is 0.610. The first-order chi connectivity index (χ1) is 16.5. The molecular weight excluding hydrogens is 509 g/mol. The van der Waals surface area contributed by atoms with Gasteiger partial charge in [0.2, 0.25) is 5.13 Å². The Morgan fingerprint density at radius 3 is 2.50 bits per heavy atom. The Morgan fingerprint density at radius 1 is 1.06 bits per heavy atom. The molecule has 180 valence electrons. The molecule has 1 aliphatic rings. The molecular formula is C23H26N4O3S4. The number of nitrogens with one attached hydrogen (secondary N) is 1. The predicted octanol–water partition coefficient (Wildman–Crippen LogP) is 5.37. The molecule has 1 aromatic heterocycles. The van der Waals surface area contributed by atoms with E-state index in [0.29, 0.717) is 23.0 Å². The van der Waals surface area contributed by atoms with E-state index in [1.807, 2.05) is 41.5 Å².